The van der Waals surface area contributed by atoms with Crippen molar-refractivity contribution in [2.24, 2.45) is 0 Å². The molecule has 1 aromatic carbocycles. The van der Waals surface area contributed by atoms with Gasteiger partial charge in [0.2, 0.25) is 0 Å². The Labute approximate surface area is 97.3 Å². The lowest BCUT2D eigenvalue weighted by atomic mass is 10.2. The first kappa shape index (κ1) is 11.3. The molecule has 0 amide bonds. The maximum Gasteiger partial charge on any atom is 0.270 e. The summed E-state index contributed by atoms with van der Waals surface area (Å²) in [5.74, 6) is 0.614. The van der Waals surface area contributed by atoms with Gasteiger partial charge in [-0.1, -0.05) is 12.1 Å². The maximum atomic E-state index is 10.7. The molecule has 0 bridgehead atoms. The third-order valence-electron chi connectivity index (χ3n) is 2.37. The molecule has 0 saturated carbocycles. The van der Waals surface area contributed by atoms with Crippen LogP contribution in [0.25, 0.3) is 11.4 Å². The summed E-state index contributed by atoms with van der Waals surface area (Å²) in [7, 11) is 0. The topological polar surface area (TPSA) is 81.2 Å². The molecule has 1 aromatic heterocycles. The third-order valence-corrected chi connectivity index (χ3v) is 2.37. The zero-order chi connectivity index (χ0) is 12.3. The summed E-state index contributed by atoms with van der Waals surface area (Å²) >= 11 is 0. The van der Waals surface area contributed by atoms with Crippen LogP contribution in [-0.2, 0) is 6.54 Å². The first-order valence-electron chi connectivity index (χ1n) is 5.09. The molecule has 2 aromatic rings. The van der Waals surface area contributed by atoms with Crippen LogP contribution >= 0.6 is 0 Å². The Balaban J connectivity index is 2.42. The first-order chi connectivity index (χ1) is 8.22. The SMILES string of the molecule is O=[N+]([O-])c1cccc(-c2nccn2CCO)c1. The number of benzene rings is 1. The molecule has 0 spiro atoms. The van der Waals surface area contributed by atoms with E-state index >= 15 is 0 Å². The zero-order valence-corrected chi connectivity index (χ0v) is 8.98. The van der Waals surface area contributed by atoms with E-state index in [1.807, 2.05) is 0 Å². The summed E-state index contributed by atoms with van der Waals surface area (Å²) in [6.45, 7) is 0.413. The van der Waals surface area contributed by atoms with Crippen molar-refractivity contribution >= 4 is 5.69 Å². The normalized spacial score (nSPS) is 10.4. The lowest BCUT2D eigenvalue weighted by Crippen LogP contribution is -2.03. The second kappa shape index (κ2) is 4.75. The number of non-ortho nitro benzene ring substituents is 1. The molecule has 0 aliphatic heterocycles. The van der Waals surface area contributed by atoms with Crippen LogP contribution in [0.3, 0.4) is 0 Å². The Hall–Kier alpha value is -2.21. The summed E-state index contributed by atoms with van der Waals surface area (Å²) in [5, 5.41) is 19.6. The van der Waals surface area contributed by atoms with Gasteiger partial charge in [0.15, 0.2) is 0 Å². The molecule has 0 unspecified atom stereocenters. The van der Waals surface area contributed by atoms with Crippen molar-refractivity contribution in [3.05, 3.63) is 46.8 Å². The second-order valence-corrected chi connectivity index (χ2v) is 3.48. The molecular weight excluding hydrogens is 222 g/mol. The van der Waals surface area contributed by atoms with Gasteiger partial charge in [0.1, 0.15) is 5.82 Å². The number of hydrogen-bond acceptors (Lipinski definition) is 4. The molecule has 88 valence electrons. The smallest absolute Gasteiger partial charge is 0.270 e. The van der Waals surface area contributed by atoms with Crippen LogP contribution in [-0.4, -0.2) is 26.2 Å². The van der Waals surface area contributed by atoms with Crippen molar-refractivity contribution in [2.75, 3.05) is 6.61 Å². The number of imidazole rings is 1. The van der Waals surface area contributed by atoms with Crippen LogP contribution in [0.15, 0.2) is 36.7 Å². The summed E-state index contributed by atoms with van der Waals surface area (Å²) < 4.78 is 1.75. The fraction of sp³-hybridized carbons (Fsp3) is 0.182. The van der Waals surface area contributed by atoms with Crippen LogP contribution in [0.2, 0.25) is 0 Å². The van der Waals surface area contributed by atoms with E-state index in [2.05, 4.69) is 4.98 Å². The molecule has 1 N–H and O–H groups in total. The Morgan fingerprint density at radius 2 is 2.29 bits per heavy atom. The summed E-state index contributed by atoms with van der Waals surface area (Å²) in [4.78, 5) is 14.4. The number of aromatic nitrogens is 2. The van der Waals surface area contributed by atoms with E-state index in [0.717, 1.165) is 0 Å². The molecule has 1 heterocycles. The first-order valence-corrected chi connectivity index (χ1v) is 5.09. The largest absolute Gasteiger partial charge is 0.395 e. The molecular formula is C11H11N3O3. The van der Waals surface area contributed by atoms with E-state index in [-0.39, 0.29) is 12.3 Å². The molecule has 0 saturated heterocycles. The average Bonchev–Trinajstić information content (AvgIpc) is 2.78. The molecule has 0 aliphatic carbocycles. The van der Waals surface area contributed by atoms with E-state index in [1.54, 1.807) is 29.1 Å². The van der Waals surface area contributed by atoms with E-state index in [0.29, 0.717) is 17.9 Å². The number of rotatable bonds is 4. The Bertz CT molecular complexity index is 536. The summed E-state index contributed by atoms with van der Waals surface area (Å²) in [6, 6.07) is 6.27. The molecule has 2 rings (SSSR count). The van der Waals surface area contributed by atoms with E-state index in [9.17, 15) is 10.1 Å². The van der Waals surface area contributed by atoms with Gasteiger partial charge >= 0.3 is 0 Å². The van der Waals surface area contributed by atoms with Gasteiger partial charge < -0.3 is 9.67 Å². The minimum atomic E-state index is -0.442. The highest BCUT2D eigenvalue weighted by Crippen LogP contribution is 2.22. The Kier molecular flexibility index (Phi) is 3.15. The fourth-order valence-corrected chi connectivity index (χ4v) is 1.62. The predicted molar refractivity (Wildman–Crippen MR) is 61.4 cm³/mol. The van der Waals surface area contributed by atoms with Gasteiger partial charge in [0.05, 0.1) is 11.5 Å². The Morgan fingerprint density at radius 3 is 3.00 bits per heavy atom. The lowest BCUT2D eigenvalue weighted by molar-refractivity contribution is -0.384. The fourth-order valence-electron chi connectivity index (χ4n) is 1.62. The number of nitrogens with zero attached hydrogens (tertiary/aromatic N) is 3. The maximum absolute atomic E-state index is 10.7. The monoisotopic (exact) mass is 233 g/mol. The van der Waals surface area contributed by atoms with Crippen molar-refractivity contribution in [1.82, 2.24) is 9.55 Å². The predicted octanol–water partition coefficient (Wildman–Crippen LogP) is 1.45. The van der Waals surface area contributed by atoms with Crippen molar-refractivity contribution in [1.29, 1.82) is 0 Å². The van der Waals surface area contributed by atoms with E-state index in [1.165, 1.54) is 12.1 Å². The molecule has 0 atom stereocenters. The third kappa shape index (κ3) is 2.31. The lowest BCUT2D eigenvalue weighted by Gasteiger charge is -2.05. The van der Waals surface area contributed by atoms with E-state index < -0.39 is 4.92 Å². The van der Waals surface area contributed by atoms with E-state index in [4.69, 9.17) is 5.11 Å². The summed E-state index contributed by atoms with van der Waals surface area (Å²) in [5.41, 5.74) is 0.693. The molecule has 6 nitrogen and oxygen atoms in total. The average molecular weight is 233 g/mol. The van der Waals surface area contributed by atoms with Crippen LogP contribution in [0, 0.1) is 10.1 Å². The quantitative estimate of drug-likeness (QED) is 0.640. The van der Waals surface area contributed by atoms with Gasteiger partial charge in [-0.3, -0.25) is 10.1 Å². The standard InChI is InChI=1S/C11H11N3O3/c15-7-6-13-5-4-12-11(13)9-2-1-3-10(8-9)14(16)17/h1-5,8,15H,6-7H2. The second-order valence-electron chi connectivity index (χ2n) is 3.48. The van der Waals surface area contributed by atoms with Crippen LogP contribution in [0.1, 0.15) is 0 Å². The van der Waals surface area contributed by atoms with Crippen LogP contribution in [0.5, 0.6) is 0 Å². The summed E-state index contributed by atoms with van der Waals surface area (Å²) in [6.07, 6.45) is 3.33. The number of nitro benzene ring substituents is 1. The van der Waals surface area contributed by atoms with Gasteiger partial charge in [0, 0.05) is 36.6 Å². The minimum absolute atomic E-state index is 0.00170. The number of aliphatic hydroxyl groups excluding tert-OH is 1. The van der Waals surface area contributed by atoms with Crippen LogP contribution < -0.4 is 0 Å². The number of aliphatic hydroxyl groups is 1. The number of nitro groups is 1. The number of hydrogen-bond donors (Lipinski definition) is 1. The van der Waals surface area contributed by atoms with Gasteiger partial charge in [-0.05, 0) is 0 Å². The van der Waals surface area contributed by atoms with Crippen molar-refractivity contribution in [3.63, 3.8) is 0 Å². The van der Waals surface area contributed by atoms with Gasteiger partial charge in [-0.2, -0.15) is 0 Å². The van der Waals surface area contributed by atoms with Gasteiger partial charge in [-0.15, -0.1) is 0 Å². The van der Waals surface area contributed by atoms with Gasteiger partial charge in [-0.25, -0.2) is 4.98 Å². The van der Waals surface area contributed by atoms with Gasteiger partial charge in [0.25, 0.3) is 5.69 Å². The van der Waals surface area contributed by atoms with Crippen LogP contribution in [0.4, 0.5) is 5.69 Å². The van der Waals surface area contributed by atoms with Crippen molar-refractivity contribution < 1.29 is 10.0 Å². The molecule has 17 heavy (non-hydrogen) atoms. The Morgan fingerprint density at radius 1 is 1.47 bits per heavy atom. The molecule has 6 heteroatoms. The highest BCUT2D eigenvalue weighted by molar-refractivity contribution is 5.59. The molecule has 0 radical (unpaired) electrons. The van der Waals surface area contributed by atoms with Crippen molar-refractivity contribution in [3.8, 4) is 11.4 Å². The highest BCUT2D eigenvalue weighted by atomic mass is 16.6. The zero-order valence-electron chi connectivity index (χ0n) is 8.98. The minimum Gasteiger partial charge on any atom is -0.395 e. The highest BCUT2D eigenvalue weighted by Gasteiger charge is 2.10. The molecule has 0 fully saturated rings. The molecule has 0 aliphatic rings. The van der Waals surface area contributed by atoms with Crippen molar-refractivity contribution in [2.45, 2.75) is 6.54 Å².